The Balaban J connectivity index is 1.43. The van der Waals surface area contributed by atoms with E-state index in [4.69, 9.17) is 19.7 Å². The highest BCUT2D eigenvalue weighted by molar-refractivity contribution is 6.13. The van der Waals surface area contributed by atoms with Crippen LogP contribution in [0.2, 0.25) is 0 Å². The number of carboxylic acids is 2. The zero-order valence-corrected chi connectivity index (χ0v) is 18.3. The molecule has 0 atom stereocenters. The highest BCUT2D eigenvalue weighted by Crippen LogP contribution is 2.39. The fourth-order valence-corrected chi connectivity index (χ4v) is 3.02. The molecule has 1 fully saturated rings. The van der Waals surface area contributed by atoms with E-state index in [1.807, 2.05) is 0 Å². The van der Waals surface area contributed by atoms with Crippen molar-refractivity contribution in [1.82, 2.24) is 15.6 Å². The van der Waals surface area contributed by atoms with Gasteiger partial charge in [0.25, 0.3) is 11.8 Å². The van der Waals surface area contributed by atoms with Crippen LogP contribution in [0, 0.1) is 5.41 Å². The number of carbonyl (C=O) groups is 6. The summed E-state index contributed by atoms with van der Waals surface area (Å²) in [6.45, 7) is 1.01. The van der Waals surface area contributed by atoms with Crippen LogP contribution in [0.1, 0.15) is 25.7 Å². The molecule has 34 heavy (non-hydrogen) atoms. The van der Waals surface area contributed by atoms with Crippen LogP contribution in [0.25, 0.3) is 0 Å². The third-order valence-corrected chi connectivity index (χ3v) is 5.05. The monoisotopic (exact) mass is 482 g/mol. The van der Waals surface area contributed by atoms with Crippen molar-refractivity contribution < 1.29 is 48.5 Å². The quantitative estimate of drug-likeness (QED) is 0.0898. The van der Waals surface area contributed by atoms with E-state index in [1.54, 1.807) is 0 Å². The summed E-state index contributed by atoms with van der Waals surface area (Å²) in [6, 6.07) is 0. The summed E-state index contributed by atoms with van der Waals surface area (Å²) in [4.78, 5) is 69.2. The van der Waals surface area contributed by atoms with Crippen molar-refractivity contribution in [3.8, 4) is 0 Å². The van der Waals surface area contributed by atoms with Crippen LogP contribution in [0.5, 0.6) is 0 Å². The van der Waals surface area contributed by atoms with Gasteiger partial charge in [-0.1, -0.05) is 0 Å². The zero-order chi connectivity index (χ0) is 25.1. The molecule has 1 saturated carbocycles. The number of nitrogens with one attached hydrogen (secondary N) is 2. The summed E-state index contributed by atoms with van der Waals surface area (Å²) < 4.78 is 10.5. The van der Waals surface area contributed by atoms with Gasteiger partial charge in [0, 0.05) is 50.2 Å². The lowest BCUT2D eigenvalue weighted by atomic mass is 9.67. The number of imide groups is 1. The van der Waals surface area contributed by atoms with Gasteiger partial charge in [0.2, 0.25) is 11.8 Å². The smallest absolute Gasteiger partial charge is 0.321 e. The van der Waals surface area contributed by atoms with Crippen molar-refractivity contribution in [2.45, 2.75) is 25.7 Å². The average molecular weight is 482 g/mol. The molecule has 0 bridgehead atoms. The first kappa shape index (κ1) is 26.6. The molecule has 1 aliphatic carbocycles. The molecule has 14 nitrogen and oxygen atoms in total. The minimum absolute atomic E-state index is 0.00410. The third-order valence-electron chi connectivity index (χ3n) is 5.05. The predicted octanol–water partition coefficient (Wildman–Crippen LogP) is -1.74. The predicted molar refractivity (Wildman–Crippen MR) is 112 cm³/mol. The molecule has 0 unspecified atom stereocenters. The first-order valence-corrected chi connectivity index (χ1v) is 10.4. The lowest BCUT2D eigenvalue weighted by Crippen LogP contribution is -2.51. The molecule has 1 aliphatic heterocycles. The summed E-state index contributed by atoms with van der Waals surface area (Å²) >= 11 is 0. The molecule has 4 amide bonds. The van der Waals surface area contributed by atoms with Gasteiger partial charge in [-0.15, -0.1) is 0 Å². The molecule has 186 valence electrons. The van der Waals surface area contributed by atoms with Crippen LogP contribution in [-0.2, 0) is 38.2 Å². The summed E-state index contributed by atoms with van der Waals surface area (Å²) in [5.74, 6) is -4.53. The number of hydrazone groups is 1. The minimum atomic E-state index is -1.87. The lowest BCUT2D eigenvalue weighted by molar-refractivity contribution is -0.165. The number of aliphatic carboxylic acids is 2. The molecule has 14 heteroatoms. The van der Waals surface area contributed by atoms with Crippen LogP contribution < -0.4 is 10.7 Å². The topological polar surface area (TPSA) is 201 Å². The maximum Gasteiger partial charge on any atom is 0.321 e. The Morgan fingerprint density at radius 3 is 2.09 bits per heavy atom. The van der Waals surface area contributed by atoms with E-state index in [-0.39, 0.29) is 76.8 Å². The van der Waals surface area contributed by atoms with Gasteiger partial charge >= 0.3 is 11.9 Å². The Labute approximate surface area is 193 Å². The second-order valence-corrected chi connectivity index (χ2v) is 7.50. The fraction of sp³-hybridized carbons (Fsp3) is 0.550. The molecule has 0 radical (unpaired) electrons. The number of carboxylic acid groups (broad SMARTS) is 2. The number of ether oxygens (including phenoxy) is 2. The molecule has 0 aromatic heterocycles. The van der Waals surface area contributed by atoms with Crippen LogP contribution in [-0.4, -0.2) is 95.9 Å². The Bertz CT molecular complexity index is 856. The standard InChI is InChI=1S/C20H26N4O10/c25-14(3-6-24-16(27)1-2-17(24)28)21-5-8-34-10-9-33-7-4-15(26)23-22-13-11-20(12-13,18(29)30)19(31)32/h1-2H,3-12H2,(H,21,25)(H,23,26)(H,29,30)(H,31,32). The van der Waals surface area contributed by atoms with Crippen molar-refractivity contribution in [1.29, 1.82) is 0 Å². The van der Waals surface area contributed by atoms with E-state index in [9.17, 15) is 28.8 Å². The molecular weight excluding hydrogens is 456 g/mol. The van der Waals surface area contributed by atoms with E-state index in [1.165, 1.54) is 0 Å². The van der Waals surface area contributed by atoms with Crippen molar-refractivity contribution in [3.63, 3.8) is 0 Å². The Morgan fingerprint density at radius 1 is 0.912 bits per heavy atom. The largest absolute Gasteiger partial charge is 0.480 e. The van der Waals surface area contributed by atoms with E-state index >= 15 is 0 Å². The molecule has 4 N–H and O–H groups in total. The number of hydrogen-bond acceptors (Lipinski definition) is 9. The van der Waals surface area contributed by atoms with Gasteiger partial charge in [-0.3, -0.25) is 33.7 Å². The van der Waals surface area contributed by atoms with Gasteiger partial charge in [0.1, 0.15) is 0 Å². The number of nitrogens with zero attached hydrogens (tertiary/aromatic N) is 2. The van der Waals surface area contributed by atoms with Gasteiger partial charge in [-0.2, -0.15) is 5.10 Å². The second kappa shape index (κ2) is 12.6. The summed E-state index contributed by atoms with van der Waals surface area (Å²) in [6.07, 6.45) is 1.77. The first-order valence-electron chi connectivity index (χ1n) is 10.4. The number of carbonyl (C=O) groups excluding carboxylic acids is 4. The van der Waals surface area contributed by atoms with Crippen molar-refractivity contribution >= 4 is 41.3 Å². The lowest BCUT2D eigenvalue weighted by Gasteiger charge is -2.34. The fourth-order valence-electron chi connectivity index (χ4n) is 3.02. The normalized spacial score (nSPS) is 16.2. The van der Waals surface area contributed by atoms with Gasteiger partial charge in [0.15, 0.2) is 5.41 Å². The molecule has 2 rings (SSSR count). The Kier molecular flexibility index (Phi) is 9.82. The molecule has 2 aliphatic rings. The Hall–Kier alpha value is -3.65. The summed E-state index contributed by atoms with van der Waals surface area (Å²) in [7, 11) is 0. The molecule has 0 spiro atoms. The average Bonchev–Trinajstić information content (AvgIpc) is 3.06. The minimum Gasteiger partial charge on any atom is -0.480 e. The van der Waals surface area contributed by atoms with Crippen LogP contribution in [0.15, 0.2) is 17.3 Å². The maximum atomic E-state index is 11.7. The van der Waals surface area contributed by atoms with Gasteiger partial charge in [0.05, 0.1) is 32.8 Å². The molecule has 0 saturated heterocycles. The summed E-state index contributed by atoms with van der Waals surface area (Å²) in [5.41, 5.74) is 0.644. The molecule has 0 aromatic carbocycles. The summed E-state index contributed by atoms with van der Waals surface area (Å²) in [5, 5.41) is 24.3. The van der Waals surface area contributed by atoms with Crippen LogP contribution >= 0.6 is 0 Å². The number of hydrogen-bond donors (Lipinski definition) is 4. The van der Waals surface area contributed by atoms with E-state index in [2.05, 4.69) is 15.8 Å². The van der Waals surface area contributed by atoms with Gasteiger partial charge in [-0.25, -0.2) is 5.43 Å². The van der Waals surface area contributed by atoms with Crippen molar-refractivity contribution in [3.05, 3.63) is 12.2 Å². The zero-order valence-electron chi connectivity index (χ0n) is 18.3. The number of amides is 4. The third kappa shape index (κ3) is 7.45. The van der Waals surface area contributed by atoms with E-state index in [0.29, 0.717) is 0 Å². The Morgan fingerprint density at radius 2 is 1.50 bits per heavy atom. The molecule has 0 aromatic rings. The van der Waals surface area contributed by atoms with Crippen molar-refractivity contribution in [2.75, 3.05) is 39.5 Å². The molecule has 1 heterocycles. The van der Waals surface area contributed by atoms with Crippen LogP contribution in [0.3, 0.4) is 0 Å². The second-order valence-electron chi connectivity index (χ2n) is 7.50. The maximum absolute atomic E-state index is 11.7. The number of rotatable bonds is 15. The highest BCUT2D eigenvalue weighted by Gasteiger charge is 2.55. The van der Waals surface area contributed by atoms with Gasteiger partial charge < -0.3 is 25.0 Å². The first-order chi connectivity index (χ1) is 16.2. The SMILES string of the molecule is O=C(CCN1C(=O)C=CC1=O)NCCOCCOCCC(=O)NN=C1CC(C(=O)O)(C(=O)O)C1. The van der Waals surface area contributed by atoms with Crippen molar-refractivity contribution in [2.24, 2.45) is 10.5 Å². The van der Waals surface area contributed by atoms with E-state index < -0.39 is 35.1 Å². The highest BCUT2D eigenvalue weighted by atomic mass is 16.5. The molecular formula is C20H26N4O10. The van der Waals surface area contributed by atoms with E-state index in [0.717, 1.165) is 17.1 Å². The van der Waals surface area contributed by atoms with Crippen LogP contribution in [0.4, 0.5) is 0 Å². The van der Waals surface area contributed by atoms with Gasteiger partial charge in [-0.05, 0) is 0 Å².